The van der Waals surface area contributed by atoms with E-state index in [1.807, 2.05) is 30.3 Å². The minimum absolute atomic E-state index is 0.522. The Morgan fingerprint density at radius 2 is 2.07 bits per heavy atom. The van der Waals surface area contributed by atoms with Gasteiger partial charge in [-0.3, -0.25) is 0 Å². The number of rotatable bonds is 1. The quantitative estimate of drug-likeness (QED) is 0.739. The maximum Gasteiger partial charge on any atom is 0.192 e. The van der Waals surface area contributed by atoms with Crippen molar-refractivity contribution in [1.29, 1.82) is 0 Å². The molecule has 0 spiro atoms. The van der Waals surface area contributed by atoms with Crippen molar-refractivity contribution in [2.75, 3.05) is 6.61 Å². The molecule has 0 amide bonds. The van der Waals surface area contributed by atoms with E-state index in [0.717, 1.165) is 12.0 Å². The normalized spacial score (nSPS) is 32.9. The van der Waals surface area contributed by atoms with Crippen LogP contribution in [0.25, 0.3) is 0 Å². The zero-order chi connectivity index (χ0) is 10.0. The van der Waals surface area contributed by atoms with Gasteiger partial charge in [0.2, 0.25) is 0 Å². The van der Waals surface area contributed by atoms with E-state index in [1.165, 1.54) is 0 Å². The monoisotopic (exact) mass is 192 g/mol. The van der Waals surface area contributed by atoms with E-state index in [2.05, 4.69) is 6.92 Å². The molecule has 76 valence electrons. The van der Waals surface area contributed by atoms with Crippen LogP contribution in [0.4, 0.5) is 0 Å². The molecule has 1 aromatic carbocycles. The number of benzene rings is 1. The Morgan fingerprint density at radius 3 is 2.71 bits per heavy atom. The van der Waals surface area contributed by atoms with Gasteiger partial charge < -0.3 is 9.84 Å². The lowest BCUT2D eigenvalue weighted by Crippen LogP contribution is -2.36. The Hall–Kier alpha value is -0.860. The number of ether oxygens (including phenoxy) is 1. The predicted molar refractivity (Wildman–Crippen MR) is 54.7 cm³/mol. The summed E-state index contributed by atoms with van der Waals surface area (Å²) in [6.45, 7) is 2.79. The highest BCUT2D eigenvalue weighted by atomic mass is 16.6. The highest BCUT2D eigenvalue weighted by molar-refractivity contribution is 5.20. The van der Waals surface area contributed by atoms with Crippen LogP contribution < -0.4 is 0 Å². The van der Waals surface area contributed by atoms with Gasteiger partial charge in [-0.05, 0) is 12.3 Å². The summed E-state index contributed by atoms with van der Waals surface area (Å²) in [5.41, 5.74) is 0.867. The van der Waals surface area contributed by atoms with E-state index < -0.39 is 5.79 Å². The van der Waals surface area contributed by atoms with Crippen molar-refractivity contribution in [3.63, 3.8) is 0 Å². The zero-order valence-electron chi connectivity index (χ0n) is 8.44. The minimum Gasteiger partial charge on any atom is -0.362 e. The first-order chi connectivity index (χ1) is 6.71. The van der Waals surface area contributed by atoms with Crippen LogP contribution in [0.2, 0.25) is 0 Å². The third kappa shape index (κ3) is 1.81. The van der Waals surface area contributed by atoms with Crippen molar-refractivity contribution in [2.45, 2.75) is 25.6 Å². The summed E-state index contributed by atoms with van der Waals surface area (Å²) in [4.78, 5) is 0. The molecule has 2 unspecified atom stereocenters. The topological polar surface area (TPSA) is 29.5 Å². The van der Waals surface area contributed by atoms with Crippen LogP contribution in [0.1, 0.15) is 25.3 Å². The Morgan fingerprint density at radius 1 is 1.36 bits per heavy atom. The van der Waals surface area contributed by atoms with Gasteiger partial charge in [0.25, 0.3) is 0 Å². The number of hydrogen-bond acceptors (Lipinski definition) is 2. The summed E-state index contributed by atoms with van der Waals surface area (Å²) in [6, 6.07) is 9.63. The van der Waals surface area contributed by atoms with E-state index in [1.54, 1.807) is 0 Å². The second kappa shape index (κ2) is 3.71. The molecule has 0 aliphatic carbocycles. The maximum atomic E-state index is 10.3. The molecule has 14 heavy (non-hydrogen) atoms. The molecular weight excluding hydrogens is 176 g/mol. The first kappa shape index (κ1) is 9.69. The average Bonchev–Trinajstić information content (AvgIpc) is 2.19. The van der Waals surface area contributed by atoms with Crippen LogP contribution >= 0.6 is 0 Å². The van der Waals surface area contributed by atoms with Crippen molar-refractivity contribution in [2.24, 2.45) is 5.92 Å². The SMILES string of the molecule is CC1CCOC(O)(c2ccccc2)C1. The molecule has 1 saturated heterocycles. The molecule has 0 saturated carbocycles. The third-order valence-electron chi connectivity index (χ3n) is 2.80. The van der Waals surface area contributed by atoms with Crippen molar-refractivity contribution in [3.05, 3.63) is 35.9 Å². The fourth-order valence-electron chi connectivity index (χ4n) is 1.96. The van der Waals surface area contributed by atoms with Crippen LogP contribution in [0.5, 0.6) is 0 Å². The summed E-state index contributed by atoms with van der Waals surface area (Å²) in [7, 11) is 0. The van der Waals surface area contributed by atoms with Gasteiger partial charge in [0.05, 0.1) is 6.61 Å². The summed E-state index contributed by atoms with van der Waals surface area (Å²) in [5.74, 6) is -0.534. The molecule has 1 aliphatic rings. The average molecular weight is 192 g/mol. The van der Waals surface area contributed by atoms with Crippen LogP contribution in [-0.2, 0) is 10.5 Å². The third-order valence-corrected chi connectivity index (χ3v) is 2.80. The van der Waals surface area contributed by atoms with Gasteiger partial charge in [-0.2, -0.15) is 0 Å². The lowest BCUT2D eigenvalue weighted by molar-refractivity contribution is -0.243. The Bertz CT molecular complexity index is 296. The van der Waals surface area contributed by atoms with Gasteiger partial charge in [-0.25, -0.2) is 0 Å². The van der Waals surface area contributed by atoms with Crippen molar-refractivity contribution in [1.82, 2.24) is 0 Å². The standard InChI is InChI=1S/C12H16O2/c1-10-7-8-14-12(13,9-10)11-5-3-2-4-6-11/h2-6,10,13H,7-9H2,1H3. The van der Waals surface area contributed by atoms with Crippen molar-refractivity contribution >= 4 is 0 Å². The first-order valence-electron chi connectivity index (χ1n) is 5.12. The van der Waals surface area contributed by atoms with Crippen molar-refractivity contribution in [3.8, 4) is 0 Å². The minimum atomic E-state index is -1.06. The molecule has 1 N–H and O–H groups in total. The number of hydrogen-bond donors (Lipinski definition) is 1. The Kier molecular flexibility index (Phi) is 2.57. The largest absolute Gasteiger partial charge is 0.362 e. The predicted octanol–water partition coefficient (Wildman–Crippen LogP) is 2.28. The molecule has 1 aromatic rings. The van der Waals surface area contributed by atoms with Crippen molar-refractivity contribution < 1.29 is 9.84 Å². The van der Waals surface area contributed by atoms with E-state index in [0.29, 0.717) is 18.9 Å². The molecule has 1 heterocycles. The molecule has 0 radical (unpaired) electrons. The summed E-state index contributed by atoms with van der Waals surface area (Å²) in [5, 5.41) is 10.3. The zero-order valence-corrected chi connectivity index (χ0v) is 8.44. The Balaban J connectivity index is 2.23. The molecule has 0 bridgehead atoms. The van der Waals surface area contributed by atoms with Crippen LogP contribution in [0.3, 0.4) is 0 Å². The highest BCUT2D eigenvalue weighted by Crippen LogP contribution is 2.34. The van der Waals surface area contributed by atoms with Gasteiger partial charge in [0.1, 0.15) is 0 Å². The fourth-order valence-corrected chi connectivity index (χ4v) is 1.96. The first-order valence-corrected chi connectivity index (χ1v) is 5.12. The van der Waals surface area contributed by atoms with Gasteiger partial charge >= 0.3 is 0 Å². The van der Waals surface area contributed by atoms with Gasteiger partial charge in [-0.1, -0.05) is 37.3 Å². The molecule has 1 aliphatic heterocycles. The molecule has 2 rings (SSSR count). The van der Waals surface area contributed by atoms with Crippen LogP contribution in [0, 0.1) is 5.92 Å². The number of aliphatic hydroxyl groups is 1. The lowest BCUT2D eigenvalue weighted by Gasteiger charge is -2.35. The highest BCUT2D eigenvalue weighted by Gasteiger charge is 2.35. The van der Waals surface area contributed by atoms with E-state index in [-0.39, 0.29) is 0 Å². The van der Waals surface area contributed by atoms with E-state index in [9.17, 15) is 5.11 Å². The molecule has 2 atom stereocenters. The molecular formula is C12H16O2. The van der Waals surface area contributed by atoms with Crippen LogP contribution in [0.15, 0.2) is 30.3 Å². The van der Waals surface area contributed by atoms with E-state index >= 15 is 0 Å². The summed E-state index contributed by atoms with van der Waals surface area (Å²) >= 11 is 0. The smallest absolute Gasteiger partial charge is 0.192 e. The second-order valence-electron chi connectivity index (χ2n) is 4.10. The second-order valence-corrected chi connectivity index (χ2v) is 4.10. The molecule has 2 heteroatoms. The fraction of sp³-hybridized carbons (Fsp3) is 0.500. The van der Waals surface area contributed by atoms with Crippen LogP contribution in [-0.4, -0.2) is 11.7 Å². The molecule has 1 fully saturated rings. The van der Waals surface area contributed by atoms with Gasteiger partial charge in [0, 0.05) is 12.0 Å². The summed E-state index contributed by atoms with van der Waals surface area (Å²) in [6.07, 6.45) is 1.73. The Labute approximate surface area is 84.5 Å². The van der Waals surface area contributed by atoms with E-state index in [4.69, 9.17) is 4.74 Å². The summed E-state index contributed by atoms with van der Waals surface area (Å²) < 4.78 is 5.48. The van der Waals surface area contributed by atoms with Gasteiger partial charge in [0.15, 0.2) is 5.79 Å². The molecule has 0 aromatic heterocycles. The lowest BCUT2D eigenvalue weighted by atomic mass is 9.90. The molecule has 2 nitrogen and oxygen atoms in total. The van der Waals surface area contributed by atoms with Gasteiger partial charge in [-0.15, -0.1) is 0 Å². The maximum absolute atomic E-state index is 10.3.